The summed E-state index contributed by atoms with van der Waals surface area (Å²) in [5.74, 6) is -1.03. The Labute approximate surface area is 156 Å². The lowest BCUT2D eigenvalue weighted by Crippen LogP contribution is -2.29. The third-order valence-electron chi connectivity index (χ3n) is 3.34. The minimum Gasteiger partial charge on any atom is -0.449 e. The number of hydrogen-bond donors (Lipinski definition) is 1. The number of hydrogen-bond acceptors (Lipinski definition) is 3. The van der Waals surface area contributed by atoms with E-state index in [1.807, 2.05) is 19.1 Å². The molecule has 1 amide bonds. The summed E-state index contributed by atoms with van der Waals surface area (Å²) in [5, 5.41) is 3.51. The van der Waals surface area contributed by atoms with Gasteiger partial charge < -0.3 is 10.1 Å². The van der Waals surface area contributed by atoms with Gasteiger partial charge in [-0.1, -0.05) is 47.0 Å². The zero-order valence-electron chi connectivity index (χ0n) is 13.8. The van der Waals surface area contributed by atoms with Crippen LogP contribution >= 0.6 is 23.2 Å². The van der Waals surface area contributed by atoms with E-state index >= 15 is 0 Å². The van der Waals surface area contributed by atoms with Crippen molar-refractivity contribution in [3.05, 3.63) is 69.7 Å². The molecule has 0 saturated carbocycles. The molecule has 0 aromatic heterocycles. The Morgan fingerprint density at radius 1 is 1.08 bits per heavy atom. The van der Waals surface area contributed by atoms with Crippen LogP contribution in [-0.4, -0.2) is 18.0 Å². The molecule has 1 atom stereocenters. The Balaban J connectivity index is 1.90. The summed E-state index contributed by atoms with van der Waals surface area (Å²) >= 11 is 11.7. The van der Waals surface area contributed by atoms with E-state index < -0.39 is 18.0 Å². The SMILES string of the molecule is Cc1ccc(NC(=O)[C@H](C)OC(=O)/C=C/c2ccc(Cl)c(Cl)c2)cc1. The Morgan fingerprint density at radius 3 is 2.40 bits per heavy atom. The maximum atomic E-state index is 12.0. The van der Waals surface area contributed by atoms with E-state index in [0.717, 1.165) is 5.56 Å². The van der Waals surface area contributed by atoms with Crippen LogP contribution in [0.2, 0.25) is 10.0 Å². The van der Waals surface area contributed by atoms with Crippen molar-refractivity contribution in [2.24, 2.45) is 0 Å². The molecule has 0 aliphatic heterocycles. The lowest BCUT2D eigenvalue weighted by molar-refractivity contribution is -0.148. The van der Waals surface area contributed by atoms with Crippen molar-refractivity contribution in [1.29, 1.82) is 0 Å². The standard InChI is InChI=1S/C19H17Cl2NO3/c1-12-3-7-15(8-4-12)22-19(24)13(2)25-18(23)10-6-14-5-9-16(20)17(21)11-14/h3-11,13H,1-2H3,(H,22,24)/b10-6+/t13-/m0/s1. The Bertz CT molecular complexity index is 801. The second kappa shape index (κ2) is 8.70. The van der Waals surface area contributed by atoms with Gasteiger partial charge in [-0.15, -0.1) is 0 Å². The number of benzene rings is 2. The predicted molar refractivity (Wildman–Crippen MR) is 101 cm³/mol. The molecule has 0 aliphatic carbocycles. The zero-order chi connectivity index (χ0) is 18.4. The van der Waals surface area contributed by atoms with Crippen molar-refractivity contribution >= 4 is 46.8 Å². The first kappa shape index (κ1) is 19.0. The predicted octanol–water partition coefficient (Wildman–Crippen LogP) is 4.89. The van der Waals surface area contributed by atoms with Crippen LogP contribution in [-0.2, 0) is 14.3 Å². The quantitative estimate of drug-likeness (QED) is 0.596. The van der Waals surface area contributed by atoms with Crippen LogP contribution in [0.1, 0.15) is 18.1 Å². The molecule has 2 aromatic carbocycles. The monoisotopic (exact) mass is 377 g/mol. The lowest BCUT2D eigenvalue weighted by atomic mass is 10.2. The number of carbonyl (C=O) groups is 2. The van der Waals surface area contributed by atoms with E-state index in [4.69, 9.17) is 27.9 Å². The number of carbonyl (C=O) groups excluding carboxylic acids is 2. The topological polar surface area (TPSA) is 55.4 Å². The number of anilines is 1. The molecule has 130 valence electrons. The number of ether oxygens (including phenoxy) is 1. The summed E-state index contributed by atoms with van der Waals surface area (Å²) in [6, 6.07) is 12.3. The molecular weight excluding hydrogens is 361 g/mol. The van der Waals surface area contributed by atoms with Crippen molar-refractivity contribution in [2.75, 3.05) is 5.32 Å². The highest BCUT2D eigenvalue weighted by Crippen LogP contribution is 2.23. The van der Waals surface area contributed by atoms with E-state index in [1.54, 1.807) is 30.3 Å². The van der Waals surface area contributed by atoms with Gasteiger partial charge in [-0.05, 0) is 49.8 Å². The van der Waals surface area contributed by atoms with Gasteiger partial charge in [0.25, 0.3) is 5.91 Å². The van der Waals surface area contributed by atoms with Gasteiger partial charge in [-0.2, -0.15) is 0 Å². The average molecular weight is 378 g/mol. The largest absolute Gasteiger partial charge is 0.449 e. The molecule has 6 heteroatoms. The van der Waals surface area contributed by atoms with Crippen LogP contribution in [0.5, 0.6) is 0 Å². The fraction of sp³-hybridized carbons (Fsp3) is 0.158. The van der Waals surface area contributed by atoms with E-state index in [-0.39, 0.29) is 0 Å². The minimum absolute atomic E-state index is 0.392. The molecule has 0 radical (unpaired) electrons. The lowest BCUT2D eigenvalue weighted by Gasteiger charge is -2.12. The maximum absolute atomic E-state index is 12.0. The van der Waals surface area contributed by atoms with Crippen molar-refractivity contribution in [2.45, 2.75) is 20.0 Å². The van der Waals surface area contributed by atoms with Crippen LogP contribution in [0, 0.1) is 6.92 Å². The molecule has 0 spiro atoms. The summed E-state index contributed by atoms with van der Waals surface area (Å²) in [6.45, 7) is 3.46. The van der Waals surface area contributed by atoms with Crippen molar-refractivity contribution in [1.82, 2.24) is 0 Å². The van der Waals surface area contributed by atoms with Crippen LogP contribution in [0.15, 0.2) is 48.5 Å². The molecular formula is C19H17Cl2NO3. The van der Waals surface area contributed by atoms with E-state index in [2.05, 4.69) is 5.32 Å². The highest BCUT2D eigenvalue weighted by Gasteiger charge is 2.16. The second-order valence-corrected chi connectivity index (χ2v) is 6.26. The highest BCUT2D eigenvalue weighted by molar-refractivity contribution is 6.42. The number of esters is 1. The van der Waals surface area contributed by atoms with Gasteiger partial charge in [0.15, 0.2) is 6.10 Å². The van der Waals surface area contributed by atoms with Crippen LogP contribution in [0.3, 0.4) is 0 Å². The van der Waals surface area contributed by atoms with E-state index in [9.17, 15) is 9.59 Å². The van der Waals surface area contributed by atoms with Gasteiger partial charge in [0.1, 0.15) is 0 Å². The fourth-order valence-corrected chi connectivity index (χ4v) is 2.23. The van der Waals surface area contributed by atoms with E-state index in [1.165, 1.54) is 19.1 Å². The van der Waals surface area contributed by atoms with Crippen LogP contribution < -0.4 is 5.32 Å². The maximum Gasteiger partial charge on any atom is 0.331 e. The van der Waals surface area contributed by atoms with Crippen LogP contribution in [0.25, 0.3) is 6.08 Å². The Kier molecular flexibility index (Phi) is 6.62. The smallest absolute Gasteiger partial charge is 0.331 e. The van der Waals surface area contributed by atoms with Crippen molar-refractivity contribution in [3.63, 3.8) is 0 Å². The third kappa shape index (κ3) is 5.93. The summed E-state index contributed by atoms with van der Waals surface area (Å²) < 4.78 is 5.09. The zero-order valence-corrected chi connectivity index (χ0v) is 15.3. The average Bonchev–Trinajstić information content (AvgIpc) is 2.58. The normalized spacial score (nSPS) is 12.0. The molecule has 25 heavy (non-hydrogen) atoms. The first-order valence-electron chi connectivity index (χ1n) is 7.56. The van der Waals surface area contributed by atoms with Crippen molar-refractivity contribution < 1.29 is 14.3 Å². The second-order valence-electron chi connectivity index (χ2n) is 5.44. The number of rotatable bonds is 5. The van der Waals surface area contributed by atoms with Gasteiger partial charge in [-0.25, -0.2) is 4.79 Å². The minimum atomic E-state index is -0.924. The molecule has 0 bridgehead atoms. The van der Waals surface area contributed by atoms with Gasteiger partial charge >= 0.3 is 5.97 Å². The fourth-order valence-electron chi connectivity index (χ4n) is 1.93. The molecule has 4 nitrogen and oxygen atoms in total. The van der Waals surface area contributed by atoms with Gasteiger partial charge in [0.2, 0.25) is 0 Å². The summed E-state index contributed by atoms with van der Waals surface area (Å²) in [6.07, 6.45) is 1.84. The van der Waals surface area contributed by atoms with Crippen LogP contribution in [0.4, 0.5) is 5.69 Å². The summed E-state index contributed by atoms with van der Waals surface area (Å²) in [5.41, 5.74) is 2.43. The molecule has 0 heterocycles. The van der Waals surface area contributed by atoms with Gasteiger partial charge in [0, 0.05) is 11.8 Å². The summed E-state index contributed by atoms with van der Waals surface area (Å²) in [4.78, 5) is 23.9. The van der Waals surface area contributed by atoms with E-state index in [0.29, 0.717) is 21.3 Å². The molecule has 0 unspecified atom stereocenters. The van der Waals surface area contributed by atoms with Gasteiger partial charge in [0.05, 0.1) is 10.0 Å². The Morgan fingerprint density at radius 2 is 1.76 bits per heavy atom. The molecule has 0 aliphatic rings. The van der Waals surface area contributed by atoms with Gasteiger partial charge in [-0.3, -0.25) is 4.79 Å². The first-order valence-corrected chi connectivity index (χ1v) is 8.32. The molecule has 0 saturated heterocycles. The first-order chi connectivity index (χ1) is 11.8. The number of nitrogens with one attached hydrogen (secondary N) is 1. The number of amides is 1. The number of aryl methyl sites for hydroxylation is 1. The summed E-state index contributed by atoms with van der Waals surface area (Å²) in [7, 11) is 0. The van der Waals surface area contributed by atoms with Crippen molar-refractivity contribution in [3.8, 4) is 0 Å². The highest BCUT2D eigenvalue weighted by atomic mass is 35.5. The molecule has 1 N–H and O–H groups in total. The molecule has 2 aromatic rings. The molecule has 2 rings (SSSR count). The number of halogens is 2. The third-order valence-corrected chi connectivity index (χ3v) is 4.08. The molecule has 0 fully saturated rings. The Hall–Kier alpha value is -2.30.